The number of rotatable bonds is 2. The van der Waals surface area contributed by atoms with Crippen molar-refractivity contribution in [3.63, 3.8) is 0 Å². The molecule has 2 aliphatic heterocycles. The van der Waals surface area contributed by atoms with Gasteiger partial charge in [-0.3, -0.25) is 4.79 Å². The molecule has 154 valence electrons. The first kappa shape index (κ1) is 20.8. The Bertz CT molecular complexity index is 721. The lowest BCUT2D eigenvalue weighted by Gasteiger charge is -2.24. The third kappa shape index (κ3) is 4.39. The van der Waals surface area contributed by atoms with E-state index in [2.05, 4.69) is 19.6 Å². The minimum atomic E-state index is -0.873. The predicted octanol–water partition coefficient (Wildman–Crippen LogP) is 3.00. The number of aliphatic hydroxyl groups excluding tert-OH is 1. The summed E-state index contributed by atoms with van der Waals surface area (Å²) in [5, 5.41) is 10.8. The highest BCUT2D eigenvalue weighted by Gasteiger charge is 2.59. The average molecular weight is 390 g/mol. The van der Waals surface area contributed by atoms with Crippen molar-refractivity contribution in [1.29, 1.82) is 0 Å². The van der Waals surface area contributed by atoms with Gasteiger partial charge in [0.2, 0.25) is 0 Å². The maximum atomic E-state index is 12.1. The van der Waals surface area contributed by atoms with Gasteiger partial charge in [0.15, 0.2) is 0 Å². The molecule has 2 fully saturated rings. The molecule has 0 bridgehead atoms. The second-order valence-electron chi connectivity index (χ2n) is 8.21. The second-order valence-corrected chi connectivity index (χ2v) is 8.21. The van der Waals surface area contributed by atoms with Crippen molar-refractivity contribution in [1.82, 2.24) is 0 Å². The molecule has 0 aromatic heterocycles. The van der Waals surface area contributed by atoms with Crippen LogP contribution < -0.4 is 0 Å². The third-order valence-corrected chi connectivity index (χ3v) is 6.09. The van der Waals surface area contributed by atoms with Crippen LogP contribution in [0.1, 0.15) is 52.9 Å². The Labute approximate surface area is 166 Å². The monoisotopic (exact) mass is 390 g/mol. The summed E-state index contributed by atoms with van der Waals surface area (Å²) in [4.78, 5) is 23.4. The maximum Gasteiger partial charge on any atom is 0.334 e. The fraction of sp³-hybridized carbons (Fsp3) is 0.636. The summed E-state index contributed by atoms with van der Waals surface area (Å²) in [5.41, 5.74) is 1.90. The number of fused-ring (bicyclic) bond motifs is 2. The molecule has 0 radical (unpaired) electrons. The molecule has 1 N–H and O–H groups in total. The third-order valence-electron chi connectivity index (χ3n) is 6.09. The molecular weight excluding hydrogens is 360 g/mol. The minimum Gasteiger partial charge on any atom is -0.463 e. The van der Waals surface area contributed by atoms with Crippen LogP contribution in [0.2, 0.25) is 0 Å². The van der Waals surface area contributed by atoms with Gasteiger partial charge in [0.1, 0.15) is 24.4 Å². The number of ether oxygens (including phenoxy) is 3. The average Bonchev–Trinajstić information content (AvgIpc) is 3.25. The van der Waals surface area contributed by atoms with Crippen LogP contribution in [-0.2, 0) is 23.8 Å². The standard InChI is InChI=1S/C22H30O6/c1-13-7-5-9-14(2)19(24)20-17(15(3)21(25)27-20)11-18-22(28-18,10-6-8-13)12-26-16(4)23/h8-9,17-20,24H,3,5-7,10-12H2,1-2,4H3/b13-8-,14-9+/t17-,18+,19+,20-,22+/m1/s1. The maximum absolute atomic E-state index is 12.1. The van der Waals surface area contributed by atoms with Gasteiger partial charge in [0.25, 0.3) is 0 Å². The van der Waals surface area contributed by atoms with Crippen LogP contribution in [0.3, 0.4) is 0 Å². The normalized spacial score (nSPS) is 40.0. The molecular formula is C22H30O6. The van der Waals surface area contributed by atoms with E-state index in [4.69, 9.17) is 14.2 Å². The predicted molar refractivity (Wildman–Crippen MR) is 103 cm³/mol. The first-order valence-electron chi connectivity index (χ1n) is 9.95. The minimum absolute atomic E-state index is 0.168. The van der Waals surface area contributed by atoms with E-state index in [1.54, 1.807) is 0 Å². The van der Waals surface area contributed by atoms with Crippen molar-refractivity contribution in [2.75, 3.05) is 6.61 Å². The van der Waals surface area contributed by atoms with Crippen LogP contribution in [0, 0.1) is 5.92 Å². The van der Waals surface area contributed by atoms with Crippen molar-refractivity contribution < 1.29 is 28.9 Å². The van der Waals surface area contributed by atoms with E-state index in [9.17, 15) is 14.7 Å². The van der Waals surface area contributed by atoms with Gasteiger partial charge in [-0.2, -0.15) is 0 Å². The number of esters is 2. The first-order chi connectivity index (χ1) is 13.2. The Morgan fingerprint density at radius 1 is 1.36 bits per heavy atom. The molecule has 3 rings (SSSR count). The number of hydrogen-bond donors (Lipinski definition) is 1. The molecule has 0 aromatic carbocycles. The fourth-order valence-corrected chi connectivity index (χ4v) is 4.15. The zero-order valence-corrected chi connectivity index (χ0v) is 16.9. The molecule has 2 saturated heterocycles. The smallest absolute Gasteiger partial charge is 0.334 e. The van der Waals surface area contributed by atoms with Crippen LogP contribution >= 0.6 is 0 Å². The lowest BCUT2D eigenvalue weighted by Crippen LogP contribution is -2.34. The van der Waals surface area contributed by atoms with Gasteiger partial charge in [-0.15, -0.1) is 0 Å². The first-order valence-corrected chi connectivity index (χ1v) is 9.95. The highest BCUT2D eigenvalue weighted by Crippen LogP contribution is 2.48. The molecule has 0 saturated carbocycles. The summed E-state index contributed by atoms with van der Waals surface area (Å²) >= 11 is 0. The molecule has 6 heteroatoms. The van der Waals surface area contributed by atoms with Gasteiger partial charge in [-0.1, -0.05) is 24.3 Å². The van der Waals surface area contributed by atoms with E-state index in [1.165, 1.54) is 12.5 Å². The summed E-state index contributed by atoms with van der Waals surface area (Å²) in [7, 11) is 0. The summed E-state index contributed by atoms with van der Waals surface area (Å²) in [6, 6.07) is 0. The number of allylic oxidation sites excluding steroid dienone is 3. The van der Waals surface area contributed by atoms with Gasteiger partial charge in [0, 0.05) is 18.4 Å². The van der Waals surface area contributed by atoms with Crippen molar-refractivity contribution in [2.24, 2.45) is 5.92 Å². The molecule has 6 nitrogen and oxygen atoms in total. The molecule has 0 aromatic rings. The van der Waals surface area contributed by atoms with Crippen LogP contribution in [0.15, 0.2) is 35.5 Å². The quantitative estimate of drug-likeness (QED) is 0.338. The largest absolute Gasteiger partial charge is 0.463 e. The molecule has 1 aliphatic carbocycles. The van der Waals surface area contributed by atoms with Crippen molar-refractivity contribution in [3.8, 4) is 0 Å². The Kier molecular flexibility index (Phi) is 6.10. The Morgan fingerprint density at radius 3 is 2.82 bits per heavy atom. The lowest BCUT2D eigenvalue weighted by molar-refractivity contribution is -0.143. The number of carbonyl (C=O) groups excluding carboxylic acids is 2. The van der Waals surface area contributed by atoms with Crippen LogP contribution in [-0.4, -0.2) is 47.6 Å². The van der Waals surface area contributed by atoms with E-state index >= 15 is 0 Å². The van der Waals surface area contributed by atoms with Gasteiger partial charge < -0.3 is 19.3 Å². The number of carbonyl (C=O) groups is 2. The van der Waals surface area contributed by atoms with Crippen molar-refractivity contribution in [3.05, 3.63) is 35.5 Å². The molecule has 0 unspecified atom stereocenters. The Hall–Kier alpha value is -1.92. The van der Waals surface area contributed by atoms with Crippen molar-refractivity contribution >= 4 is 11.9 Å². The summed E-state index contributed by atoms with van der Waals surface area (Å²) in [6.07, 6.45) is 6.29. The molecule has 3 aliphatic rings. The molecule has 5 atom stereocenters. The molecule has 0 spiro atoms. The summed E-state index contributed by atoms with van der Waals surface area (Å²) < 4.78 is 16.7. The zero-order valence-electron chi connectivity index (χ0n) is 16.9. The molecule has 2 heterocycles. The van der Waals surface area contributed by atoms with Crippen molar-refractivity contribution in [2.45, 2.75) is 76.8 Å². The number of epoxide rings is 1. The van der Waals surface area contributed by atoms with Crippen LogP contribution in [0.4, 0.5) is 0 Å². The van der Waals surface area contributed by atoms with Gasteiger partial charge in [-0.05, 0) is 51.5 Å². The van der Waals surface area contributed by atoms with Gasteiger partial charge >= 0.3 is 11.9 Å². The number of aliphatic hydroxyl groups is 1. The Balaban J connectivity index is 1.85. The van der Waals surface area contributed by atoms with E-state index in [0.717, 1.165) is 31.3 Å². The Morgan fingerprint density at radius 2 is 2.11 bits per heavy atom. The lowest BCUT2D eigenvalue weighted by atomic mass is 9.84. The molecule has 0 amide bonds. The van der Waals surface area contributed by atoms with E-state index in [1.807, 2.05) is 13.0 Å². The SMILES string of the molecule is C=C1C(=O)O[C@@H]2[C@@H]1C[C@@H]1O[C@]1(COC(C)=O)CC/C=C(/C)CC/C=C(\C)[C@@H]2O. The van der Waals surface area contributed by atoms with Gasteiger partial charge in [-0.25, -0.2) is 4.79 Å². The molecule has 28 heavy (non-hydrogen) atoms. The van der Waals surface area contributed by atoms with E-state index < -0.39 is 23.8 Å². The van der Waals surface area contributed by atoms with E-state index in [-0.39, 0.29) is 24.6 Å². The van der Waals surface area contributed by atoms with Gasteiger partial charge in [0.05, 0.1) is 6.10 Å². The van der Waals surface area contributed by atoms with Crippen LogP contribution in [0.5, 0.6) is 0 Å². The summed E-state index contributed by atoms with van der Waals surface area (Å²) in [6.45, 7) is 9.42. The summed E-state index contributed by atoms with van der Waals surface area (Å²) in [5.74, 6) is -1.13. The van der Waals surface area contributed by atoms with E-state index in [0.29, 0.717) is 12.0 Å². The highest BCUT2D eigenvalue weighted by molar-refractivity contribution is 5.91. The fourth-order valence-electron chi connectivity index (χ4n) is 4.15. The number of hydrogen-bond acceptors (Lipinski definition) is 6. The second kappa shape index (κ2) is 8.21. The topological polar surface area (TPSA) is 85.4 Å². The zero-order chi connectivity index (χ0) is 20.5. The highest BCUT2D eigenvalue weighted by atomic mass is 16.6. The van der Waals surface area contributed by atoms with Crippen LogP contribution in [0.25, 0.3) is 0 Å².